The number of aromatic amines is 1. The summed E-state index contributed by atoms with van der Waals surface area (Å²) in [7, 11) is 0. The highest BCUT2D eigenvalue weighted by molar-refractivity contribution is 6.30. The van der Waals surface area contributed by atoms with Crippen molar-refractivity contribution in [2.24, 2.45) is 0 Å². The minimum atomic E-state index is 0.326. The maximum Gasteiger partial charge on any atom is 0.177 e. The van der Waals surface area contributed by atoms with Crippen molar-refractivity contribution in [2.45, 2.75) is 38.0 Å². The summed E-state index contributed by atoms with van der Waals surface area (Å²) in [5, 5.41) is 9.10. The molecule has 0 unspecified atom stereocenters. The maximum atomic E-state index is 8.71. The minimum absolute atomic E-state index is 0.326. The van der Waals surface area contributed by atoms with E-state index >= 15 is 0 Å². The lowest BCUT2D eigenvalue weighted by atomic mass is 9.89. The topological polar surface area (TPSA) is 52.5 Å². The lowest BCUT2D eigenvalue weighted by Crippen LogP contribution is -2.06. The Morgan fingerprint density at radius 3 is 2.64 bits per heavy atom. The lowest BCUT2D eigenvalue weighted by molar-refractivity contribution is 0.431. The van der Waals surface area contributed by atoms with Crippen LogP contribution in [0.2, 0.25) is 5.15 Å². The van der Waals surface area contributed by atoms with Crippen molar-refractivity contribution in [3.63, 3.8) is 0 Å². The van der Waals surface area contributed by atoms with Gasteiger partial charge in [0, 0.05) is 5.92 Å². The lowest BCUT2D eigenvalue weighted by Gasteiger charge is -2.18. The molecule has 1 saturated carbocycles. The van der Waals surface area contributed by atoms with Gasteiger partial charge in [-0.15, -0.1) is 0 Å². The third-order valence-electron chi connectivity index (χ3n) is 2.78. The SMILES string of the molecule is N#Cc1nc(C2CCCCC2)[nH]c1Cl. The average molecular weight is 210 g/mol. The molecule has 74 valence electrons. The van der Waals surface area contributed by atoms with Gasteiger partial charge in [-0.2, -0.15) is 5.26 Å². The molecule has 1 fully saturated rings. The zero-order valence-electron chi connectivity index (χ0n) is 7.89. The van der Waals surface area contributed by atoms with E-state index in [9.17, 15) is 0 Å². The summed E-state index contributed by atoms with van der Waals surface area (Å²) < 4.78 is 0. The van der Waals surface area contributed by atoms with Crippen LogP contribution in [0, 0.1) is 11.3 Å². The van der Waals surface area contributed by atoms with E-state index < -0.39 is 0 Å². The van der Waals surface area contributed by atoms with Gasteiger partial charge in [0.25, 0.3) is 0 Å². The van der Waals surface area contributed by atoms with Crippen LogP contribution < -0.4 is 0 Å². The number of H-pyrrole nitrogens is 1. The molecule has 0 aliphatic heterocycles. The molecule has 3 nitrogen and oxygen atoms in total. The summed E-state index contributed by atoms with van der Waals surface area (Å²) in [6, 6.07) is 1.98. The zero-order chi connectivity index (χ0) is 9.97. The van der Waals surface area contributed by atoms with E-state index in [1.165, 1.54) is 19.3 Å². The second-order valence-corrected chi connectivity index (χ2v) is 4.11. The summed E-state index contributed by atoms with van der Waals surface area (Å²) in [6.07, 6.45) is 6.15. The first kappa shape index (κ1) is 9.54. The van der Waals surface area contributed by atoms with E-state index in [1.807, 2.05) is 6.07 Å². The molecule has 0 bridgehead atoms. The predicted molar refractivity (Wildman–Crippen MR) is 54.1 cm³/mol. The Morgan fingerprint density at radius 2 is 2.07 bits per heavy atom. The number of nitriles is 1. The smallest absolute Gasteiger partial charge is 0.177 e. The highest BCUT2D eigenvalue weighted by atomic mass is 35.5. The van der Waals surface area contributed by atoms with Crippen molar-refractivity contribution in [1.29, 1.82) is 5.26 Å². The van der Waals surface area contributed by atoms with E-state index in [0.29, 0.717) is 16.8 Å². The van der Waals surface area contributed by atoms with Crippen LogP contribution in [0.25, 0.3) is 0 Å². The molecular formula is C10H12ClN3. The molecule has 1 heterocycles. The molecule has 0 aromatic carbocycles. The first-order valence-electron chi connectivity index (χ1n) is 4.96. The quantitative estimate of drug-likeness (QED) is 0.773. The number of rotatable bonds is 1. The second kappa shape index (κ2) is 4.02. The van der Waals surface area contributed by atoms with Crippen LogP contribution >= 0.6 is 11.6 Å². The molecule has 0 amide bonds. The Kier molecular flexibility index (Phi) is 2.74. The van der Waals surface area contributed by atoms with Crippen LogP contribution in [0.1, 0.15) is 49.5 Å². The molecule has 1 aromatic heterocycles. The fraction of sp³-hybridized carbons (Fsp3) is 0.600. The fourth-order valence-corrected chi connectivity index (χ4v) is 2.19. The summed E-state index contributed by atoms with van der Waals surface area (Å²) >= 11 is 5.82. The minimum Gasteiger partial charge on any atom is -0.332 e. The van der Waals surface area contributed by atoms with Crippen LogP contribution in [0.4, 0.5) is 0 Å². The molecular weight excluding hydrogens is 198 g/mol. The van der Waals surface area contributed by atoms with Gasteiger partial charge in [0.05, 0.1) is 0 Å². The molecule has 4 heteroatoms. The van der Waals surface area contributed by atoms with Crippen molar-refractivity contribution >= 4 is 11.6 Å². The molecule has 0 radical (unpaired) electrons. The van der Waals surface area contributed by atoms with Crippen molar-refractivity contribution in [3.8, 4) is 6.07 Å². The number of halogens is 1. The van der Waals surface area contributed by atoms with Gasteiger partial charge in [-0.25, -0.2) is 4.98 Å². The van der Waals surface area contributed by atoms with E-state index in [-0.39, 0.29) is 0 Å². The van der Waals surface area contributed by atoms with Gasteiger partial charge in [0.15, 0.2) is 5.69 Å². The maximum absolute atomic E-state index is 8.71. The number of imidazole rings is 1. The molecule has 2 rings (SSSR count). The molecule has 14 heavy (non-hydrogen) atoms. The van der Waals surface area contributed by atoms with E-state index in [4.69, 9.17) is 16.9 Å². The molecule has 0 atom stereocenters. The van der Waals surface area contributed by atoms with E-state index in [1.54, 1.807) is 0 Å². The van der Waals surface area contributed by atoms with E-state index in [0.717, 1.165) is 18.7 Å². The molecule has 1 aliphatic rings. The number of nitrogens with one attached hydrogen (secondary N) is 1. The highest BCUT2D eigenvalue weighted by Crippen LogP contribution is 2.31. The summed E-state index contributed by atoms with van der Waals surface area (Å²) in [5.74, 6) is 1.37. The third-order valence-corrected chi connectivity index (χ3v) is 3.05. The number of hydrogen-bond donors (Lipinski definition) is 1. The largest absolute Gasteiger partial charge is 0.332 e. The van der Waals surface area contributed by atoms with Crippen molar-refractivity contribution in [3.05, 3.63) is 16.7 Å². The Morgan fingerprint density at radius 1 is 1.36 bits per heavy atom. The van der Waals surface area contributed by atoms with Gasteiger partial charge in [0.1, 0.15) is 17.0 Å². The summed E-state index contributed by atoms with van der Waals surface area (Å²) in [6.45, 7) is 0. The number of hydrogen-bond acceptors (Lipinski definition) is 2. The van der Waals surface area contributed by atoms with Gasteiger partial charge >= 0.3 is 0 Å². The third kappa shape index (κ3) is 1.76. The number of aromatic nitrogens is 2. The van der Waals surface area contributed by atoms with Gasteiger partial charge < -0.3 is 4.98 Å². The molecule has 1 aromatic rings. The fourth-order valence-electron chi connectivity index (χ4n) is 2.01. The normalized spacial score (nSPS) is 18.0. The first-order chi connectivity index (χ1) is 6.81. The molecule has 0 spiro atoms. The Bertz CT molecular complexity index is 358. The van der Waals surface area contributed by atoms with Gasteiger partial charge in [-0.05, 0) is 12.8 Å². The first-order valence-corrected chi connectivity index (χ1v) is 5.34. The highest BCUT2D eigenvalue weighted by Gasteiger charge is 2.20. The van der Waals surface area contributed by atoms with Crippen LogP contribution in [-0.4, -0.2) is 9.97 Å². The van der Waals surface area contributed by atoms with Crippen molar-refractivity contribution in [1.82, 2.24) is 9.97 Å². The monoisotopic (exact) mass is 209 g/mol. The van der Waals surface area contributed by atoms with Crippen LogP contribution in [-0.2, 0) is 0 Å². The summed E-state index contributed by atoms with van der Waals surface area (Å²) in [5.41, 5.74) is 0.326. The van der Waals surface area contributed by atoms with Gasteiger partial charge in [-0.1, -0.05) is 30.9 Å². The predicted octanol–water partition coefficient (Wildman–Crippen LogP) is 2.98. The zero-order valence-corrected chi connectivity index (χ0v) is 8.64. The second-order valence-electron chi connectivity index (χ2n) is 3.73. The number of nitrogens with zero attached hydrogens (tertiary/aromatic N) is 2. The standard InChI is InChI=1S/C10H12ClN3/c11-9-8(6-12)13-10(14-9)7-4-2-1-3-5-7/h7H,1-5H2,(H,13,14). The van der Waals surface area contributed by atoms with Gasteiger partial charge in [-0.3, -0.25) is 0 Å². The van der Waals surface area contributed by atoms with E-state index in [2.05, 4.69) is 9.97 Å². The van der Waals surface area contributed by atoms with Crippen LogP contribution in [0.3, 0.4) is 0 Å². The van der Waals surface area contributed by atoms with Crippen molar-refractivity contribution < 1.29 is 0 Å². The molecule has 1 N–H and O–H groups in total. The average Bonchev–Trinajstić information content (AvgIpc) is 2.61. The van der Waals surface area contributed by atoms with Crippen molar-refractivity contribution in [2.75, 3.05) is 0 Å². The Labute approximate surface area is 88.1 Å². The van der Waals surface area contributed by atoms with Crippen LogP contribution in [0.5, 0.6) is 0 Å². The Hall–Kier alpha value is -1.01. The molecule has 1 aliphatic carbocycles. The molecule has 0 saturated heterocycles. The Balaban J connectivity index is 2.19. The van der Waals surface area contributed by atoms with Gasteiger partial charge in [0.2, 0.25) is 0 Å². The summed E-state index contributed by atoms with van der Waals surface area (Å²) in [4.78, 5) is 7.20. The van der Waals surface area contributed by atoms with Crippen LogP contribution in [0.15, 0.2) is 0 Å².